The Morgan fingerprint density at radius 1 is 1.52 bits per heavy atom. The van der Waals surface area contributed by atoms with Gasteiger partial charge in [0.1, 0.15) is 11.5 Å². The molecule has 3 rings (SSSR count). The van der Waals surface area contributed by atoms with E-state index in [9.17, 15) is 9.59 Å². The van der Waals surface area contributed by atoms with Crippen molar-refractivity contribution in [3.63, 3.8) is 0 Å². The van der Waals surface area contributed by atoms with Gasteiger partial charge in [-0.15, -0.1) is 11.3 Å². The van der Waals surface area contributed by atoms with Crippen LogP contribution in [-0.4, -0.2) is 28.5 Å². The van der Waals surface area contributed by atoms with E-state index >= 15 is 0 Å². The number of carbonyl (C=O) groups excluding carboxylic acids is 2. The third kappa shape index (κ3) is 3.29. The molecular formula is C16H19N3O3S. The first-order valence-electron chi connectivity index (χ1n) is 7.57. The van der Waals surface area contributed by atoms with Gasteiger partial charge in [0, 0.05) is 17.3 Å². The lowest BCUT2D eigenvalue weighted by Gasteiger charge is -2.18. The van der Waals surface area contributed by atoms with E-state index in [2.05, 4.69) is 17.2 Å². The lowest BCUT2D eigenvalue weighted by atomic mass is 9.88. The maximum absolute atomic E-state index is 12.2. The fourth-order valence-corrected chi connectivity index (χ4v) is 4.28. The number of hydrogen-bond donors (Lipinski definition) is 1. The van der Waals surface area contributed by atoms with E-state index in [-0.39, 0.29) is 18.4 Å². The Morgan fingerprint density at radius 3 is 3.04 bits per heavy atom. The average molecular weight is 333 g/mol. The summed E-state index contributed by atoms with van der Waals surface area (Å²) in [7, 11) is 1.37. The molecule has 2 aromatic heterocycles. The number of amides is 1. The summed E-state index contributed by atoms with van der Waals surface area (Å²) in [4.78, 5) is 29.5. The summed E-state index contributed by atoms with van der Waals surface area (Å²) in [5, 5.41) is 3.46. The first kappa shape index (κ1) is 15.7. The molecule has 23 heavy (non-hydrogen) atoms. The van der Waals surface area contributed by atoms with Crippen LogP contribution in [0.25, 0.3) is 0 Å². The van der Waals surface area contributed by atoms with Gasteiger partial charge >= 0.3 is 5.97 Å². The minimum Gasteiger partial charge on any atom is -0.465 e. The van der Waals surface area contributed by atoms with Crippen molar-refractivity contribution in [2.75, 3.05) is 12.4 Å². The van der Waals surface area contributed by atoms with Crippen molar-refractivity contribution in [3.8, 4) is 0 Å². The number of nitrogens with zero attached hydrogens (tertiary/aromatic N) is 2. The lowest BCUT2D eigenvalue weighted by Crippen LogP contribution is -2.19. The Labute approximate surface area is 138 Å². The Kier molecular flexibility index (Phi) is 4.47. The molecule has 1 atom stereocenters. The van der Waals surface area contributed by atoms with E-state index in [1.54, 1.807) is 23.3 Å². The predicted molar refractivity (Wildman–Crippen MR) is 87.7 cm³/mol. The average Bonchev–Trinajstić information content (AvgIpc) is 3.13. The monoisotopic (exact) mass is 333 g/mol. The molecule has 1 N–H and O–H groups in total. The number of carbonyl (C=O) groups is 2. The number of methoxy groups -OCH3 is 1. The van der Waals surface area contributed by atoms with Crippen LogP contribution in [0.2, 0.25) is 0 Å². The topological polar surface area (TPSA) is 73.2 Å². The van der Waals surface area contributed by atoms with Gasteiger partial charge in [-0.25, -0.2) is 9.78 Å². The minimum atomic E-state index is -0.380. The molecular weight excluding hydrogens is 314 g/mol. The van der Waals surface area contributed by atoms with Crippen molar-refractivity contribution in [1.29, 1.82) is 0 Å². The molecule has 0 saturated carbocycles. The Hall–Kier alpha value is -2.15. The smallest absolute Gasteiger partial charge is 0.341 e. The number of hydrogen-bond acceptors (Lipinski definition) is 5. The summed E-state index contributed by atoms with van der Waals surface area (Å²) < 4.78 is 6.60. The normalized spacial score (nSPS) is 16.7. The van der Waals surface area contributed by atoms with Gasteiger partial charge in [0.2, 0.25) is 5.91 Å². The SMILES string of the molecule is COC(=O)c1c(NC(=O)Cn2ccnc2)sc2c1CC[C@H](C)C2. The summed E-state index contributed by atoms with van der Waals surface area (Å²) in [5.74, 6) is 0.0379. The van der Waals surface area contributed by atoms with Crippen LogP contribution in [0.3, 0.4) is 0 Å². The first-order valence-corrected chi connectivity index (χ1v) is 8.38. The molecule has 122 valence electrons. The molecule has 2 aromatic rings. The van der Waals surface area contributed by atoms with E-state index in [1.807, 2.05) is 0 Å². The lowest BCUT2D eigenvalue weighted by molar-refractivity contribution is -0.116. The summed E-state index contributed by atoms with van der Waals surface area (Å²) in [6.07, 6.45) is 7.79. The molecule has 0 unspecified atom stereocenters. The highest BCUT2D eigenvalue weighted by Gasteiger charge is 2.28. The van der Waals surface area contributed by atoms with Crippen molar-refractivity contribution in [2.45, 2.75) is 32.7 Å². The van der Waals surface area contributed by atoms with E-state index in [0.29, 0.717) is 16.5 Å². The second kappa shape index (κ2) is 6.54. The number of nitrogens with one attached hydrogen (secondary N) is 1. The maximum Gasteiger partial charge on any atom is 0.341 e. The van der Waals surface area contributed by atoms with Gasteiger partial charge in [-0.05, 0) is 30.7 Å². The zero-order chi connectivity index (χ0) is 16.4. The van der Waals surface area contributed by atoms with Crippen molar-refractivity contribution in [2.24, 2.45) is 5.92 Å². The summed E-state index contributed by atoms with van der Waals surface area (Å²) in [6, 6.07) is 0. The van der Waals surface area contributed by atoms with Crippen molar-refractivity contribution >= 4 is 28.2 Å². The number of aromatic nitrogens is 2. The standard InChI is InChI=1S/C16H19N3O3S/c1-10-3-4-11-12(7-10)23-15(14(11)16(21)22-2)18-13(20)8-19-6-5-17-9-19/h5-6,9-10H,3-4,7-8H2,1-2H3,(H,18,20)/t10-/m0/s1. The van der Waals surface area contributed by atoms with Gasteiger partial charge in [0.15, 0.2) is 0 Å². The van der Waals surface area contributed by atoms with E-state index < -0.39 is 0 Å². The Balaban J connectivity index is 1.85. The van der Waals surface area contributed by atoms with Gasteiger partial charge < -0.3 is 14.6 Å². The van der Waals surface area contributed by atoms with Crippen LogP contribution >= 0.6 is 11.3 Å². The van der Waals surface area contributed by atoms with Crippen molar-refractivity contribution in [3.05, 3.63) is 34.7 Å². The number of thiophene rings is 1. The molecule has 0 fully saturated rings. The van der Waals surface area contributed by atoms with Crippen LogP contribution in [0, 0.1) is 5.92 Å². The fourth-order valence-electron chi connectivity index (χ4n) is 2.87. The van der Waals surface area contributed by atoms with Gasteiger partial charge in [-0.2, -0.15) is 0 Å². The molecule has 6 nitrogen and oxygen atoms in total. The largest absolute Gasteiger partial charge is 0.465 e. The van der Waals surface area contributed by atoms with E-state index in [1.165, 1.54) is 23.3 Å². The second-order valence-corrected chi connectivity index (χ2v) is 6.94. The second-order valence-electron chi connectivity index (χ2n) is 5.83. The highest BCUT2D eigenvalue weighted by Crippen LogP contribution is 2.40. The molecule has 0 aromatic carbocycles. The molecule has 2 heterocycles. The Bertz CT molecular complexity index is 721. The van der Waals surface area contributed by atoms with E-state index in [0.717, 1.165) is 24.8 Å². The summed E-state index contributed by atoms with van der Waals surface area (Å²) >= 11 is 1.49. The molecule has 0 aliphatic heterocycles. The van der Waals surface area contributed by atoms with Crippen LogP contribution in [0.15, 0.2) is 18.7 Å². The molecule has 1 aliphatic carbocycles. The van der Waals surface area contributed by atoms with Crippen LogP contribution < -0.4 is 5.32 Å². The van der Waals surface area contributed by atoms with Gasteiger partial charge in [0.05, 0.1) is 19.0 Å². The highest BCUT2D eigenvalue weighted by atomic mass is 32.1. The zero-order valence-electron chi connectivity index (χ0n) is 13.2. The van der Waals surface area contributed by atoms with Crippen molar-refractivity contribution in [1.82, 2.24) is 9.55 Å². The maximum atomic E-state index is 12.2. The molecule has 0 bridgehead atoms. The first-order chi connectivity index (χ1) is 11.1. The number of ether oxygens (including phenoxy) is 1. The van der Waals surface area contributed by atoms with Gasteiger partial charge in [-0.1, -0.05) is 6.92 Å². The third-order valence-electron chi connectivity index (χ3n) is 4.04. The number of fused-ring (bicyclic) bond motifs is 1. The zero-order valence-corrected chi connectivity index (χ0v) is 14.0. The van der Waals surface area contributed by atoms with E-state index in [4.69, 9.17) is 4.74 Å². The molecule has 7 heteroatoms. The summed E-state index contributed by atoms with van der Waals surface area (Å²) in [5.41, 5.74) is 1.57. The predicted octanol–water partition coefficient (Wildman–Crippen LogP) is 2.49. The molecule has 0 spiro atoms. The summed E-state index contributed by atoms with van der Waals surface area (Å²) in [6.45, 7) is 2.37. The number of imidazole rings is 1. The molecule has 1 amide bonds. The van der Waals surface area contributed by atoms with Gasteiger partial charge in [0.25, 0.3) is 0 Å². The minimum absolute atomic E-state index is 0.166. The van der Waals surface area contributed by atoms with Gasteiger partial charge in [-0.3, -0.25) is 4.79 Å². The third-order valence-corrected chi connectivity index (χ3v) is 5.21. The Morgan fingerprint density at radius 2 is 2.35 bits per heavy atom. The quantitative estimate of drug-likeness (QED) is 0.873. The van der Waals surface area contributed by atoms with Crippen LogP contribution in [-0.2, 0) is 28.9 Å². The fraction of sp³-hybridized carbons (Fsp3) is 0.438. The molecule has 1 aliphatic rings. The molecule has 0 saturated heterocycles. The highest BCUT2D eigenvalue weighted by molar-refractivity contribution is 7.17. The van der Waals surface area contributed by atoms with Crippen molar-refractivity contribution < 1.29 is 14.3 Å². The number of anilines is 1. The number of rotatable bonds is 4. The molecule has 0 radical (unpaired) electrons. The van der Waals surface area contributed by atoms with Crippen LogP contribution in [0.1, 0.15) is 34.1 Å². The van der Waals surface area contributed by atoms with Crippen LogP contribution in [0.4, 0.5) is 5.00 Å². The number of esters is 1. The van der Waals surface area contributed by atoms with Crippen LogP contribution in [0.5, 0.6) is 0 Å².